The number of carbonyl (C=O) groups is 2. The molecule has 0 amide bonds. The van der Waals surface area contributed by atoms with E-state index >= 15 is 0 Å². The number of aliphatic imine (C=N–C) groups is 1. The summed E-state index contributed by atoms with van der Waals surface area (Å²) in [5.74, 6) is -0.635. The van der Waals surface area contributed by atoms with Gasteiger partial charge in [0.2, 0.25) is 0 Å². The molecule has 6 nitrogen and oxygen atoms in total. The summed E-state index contributed by atoms with van der Waals surface area (Å²) in [7, 11) is 1.34. The SMILES string of the molecule is COC(=O)CCC(C)(CCC(=O)O)C1=NC(C)(C)CO1. The molecule has 1 unspecified atom stereocenters. The molecule has 1 rings (SSSR count). The smallest absolute Gasteiger partial charge is 0.305 e. The molecule has 1 atom stereocenters. The molecule has 1 aliphatic rings. The molecule has 0 bridgehead atoms. The summed E-state index contributed by atoms with van der Waals surface area (Å²) in [5.41, 5.74) is -0.856. The molecule has 1 aliphatic heterocycles. The van der Waals surface area contributed by atoms with Crippen LogP contribution in [0.25, 0.3) is 0 Å². The number of nitrogens with zero attached hydrogens (tertiary/aromatic N) is 1. The largest absolute Gasteiger partial charge is 0.481 e. The average molecular weight is 285 g/mol. The molecule has 0 aromatic heterocycles. The van der Waals surface area contributed by atoms with Gasteiger partial charge >= 0.3 is 11.9 Å². The Morgan fingerprint density at radius 1 is 1.40 bits per heavy atom. The fourth-order valence-corrected chi connectivity index (χ4v) is 2.10. The molecule has 0 aliphatic carbocycles. The van der Waals surface area contributed by atoms with E-state index in [9.17, 15) is 9.59 Å². The number of rotatable bonds is 7. The van der Waals surface area contributed by atoms with Crippen LogP contribution in [0.5, 0.6) is 0 Å². The van der Waals surface area contributed by atoms with Crippen LogP contribution in [-0.4, -0.2) is 42.2 Å². The monoisotopic (exact) mass is 285 g/mol. The van der Waals surface area contributed by atoms with Crippen molar-refractivity contribution >= 4 is 17.8 Å². The van der Waals surface area contributed by atoms with Crippen LogP contribution < -0.4 is 0 Å². The lowest BCUT2D eigenvalue weighted by atomic mass is 9.80. The molecule has 0 saturated carbocycles. The second-order valence-corrected chi connectivity index (χ2v) is 6.05. The fourth-order valence-electron chi connectivity index (χ4n) is 2.10. The molecule has 6 heteroatoms. The van der Waals surface area contributed by atoms with Crippen LogP contribution in [0.15, 0.2) is 4.99 Å². The molecule has 1 heterocycles. The number of hydrogen-bond donors (Lipinski definition) is 1. The standard InChI is InChI=1S/C14H23NO5/c1-13(2)9-20-12(15-13)14(3,7-5-10(16)17)8-6-11(18)19-4/h5-9H2,1-4H3,(H,16,17). The second-order valence-electron chi connectivity index (χ2n) is 6.05. The summed E-state index contributed by atoms with van der Waals surface area (Å²) in [4.78, 5) is 26.7. The number of aliphatic carboxylic acids is 1. The third kappa shape index (κ3) is 4.51. The minimum Gasteiger partial charge on any atom is -0.481 e. The molecule has 0 aromatic rings. The van der Waals surface area contributed by atoms with Crippen LogP contribution in [0.1, 0.15) is 46.5 Å². The average Bonchev–Trinajstić information content (AvgIpc) is 2.74. The van der Waals surface area contributed by atoms with E-state index in [4.69, 9.17) is 9.84 Å². The maximum atomic E-state index is 11.3. The molecule has 0 radical (unpaired) electrons. The summed E-state index contributed by atoms with van der Waals surface area (Å²) in [6.07, 6.45) is 1.08. The molecule has 0 aromatic carbocycles. The number of carbonyl (C=O) groups excluding carboxylic acids is 1. The first-order valence-electron chi connectivity index (χ1n) is 6.70. The minimum atomic E-state index is -0.868. The van der Waals surface area contributed by atoms with E-state index < -0.39 is 11.4 Å². The van der Waals surface area contributed by atoms with Crippen LogP contribution >= 0.6 is 0 Å². The zero-order chi connectivity index (χ0) is 15.4. The Kier molecular flexibility index (Phi) is 5.14. The highest BCUT2D eigenvalue weighted by molar-refractivity contribution is 5.85. The van der Waals surface area contributed by atoms with Crippen LogP contribution in [0.4, 0.5) is 0 Å². The van der Waals surface area contributed by atoms with E-state index in [0.717, 1.165) is 0 Å². The normalized spacial score (nSPS) is 19.7. The lowest BCUT2D eigenvalue weighted by molar-refractivity contribution is -0.141. The Balaban J connectivity index is 2.83. The number of carboxylic acids is 1. The Labute approximate surface area is 119 Å². The van der Waals surface area contributed by atoms with Crippen molar-refractivity contribution in [2.24, 2.45) is 10.4 Å². The van der Waals surface area contributed by atoms with Gasteiger partial charge < -0.3 is 14.6 Å². The topological polar surface area (TPSA) is 85.2 Å². The van der Waals surface area contributed by atoms with Crippen molar-refractivity contribution in [1.82, 2.24) is 0 Å². The highest BCUT2D eigenvalue weighted by Gasteiger charge is 2.39. The maximum Gasteiger partial charge on any atom is 0.305 e. The molecule has 1 N–H and O–H groups in total. The Bertz CT molecular complexity index is 416. The predicted octanol–water partition coefficient (Wildman–Crippen LogP) is 2.02. The molecule has 114 valence electrons. The van der Waals surface area contributed by atoms with Crippen LogP contribution in [-0.2, 0) is 19.1 Å². The third-order valence-electron chi connectivity index (χ3n) is 3.48. The van der Waals surface area contributed by atoms with Gasteiger partial charge in [-0.25, -0.2) is 4.99 Å². The summed E-state index contributed by atoms with van der Waals surface area (Å²) in [5, 5.41) is 8.87. The van der Waals surface area contributed by atoms with E-state index in [2.05, 4.69) is 9.73 Å². The van der Waals surface area contributed by atoms with Crippen molar-refractivity contribution in [3.63, 3.8) is 0 Å². The van der Waals surface area contributed by atoms with Gasteiger partial charge in [0, 0.05) is 18.3 Å². The molecule has 0 saturated heterocycles. The van der Waals surface area contributed by atoms with Gasteiger partial charge in [-0.2, -0.15) is 0 Å². The van der Waals surface area contributed by atoms with Gasteiger partial charge in [-0.3, -0.25) is 9.59 Å². The Morgan fingerprint density at radius 2 is 2.00 bits per heavy atom. The molecule has 20 heavy (non-hydrogen) atoms. The third-order valence-corrected chi connectivity index (χ3v) is 3.48. The van der Waals surface area contributed by atoms with Gasteiger partial charge in [0.05, 0.1) is 12.6 Å². The predicted molar refractivity (Wildman–Crippen MR) is 73.7 cm³/mol. The van der Waals surface area contributed by atoms with Gasteiger partial charge in [-0.15, -0.1) is 0 Å². The number of hydrogen-bond acceptors (Lipinski definition) is 5. The van der Waals surface area contributed by atoms with Crippen LogP contribution in [0.2, 0.25) is 0 Å². The van der Waals surface area contributed by atoms with Gasteiger partial charge in [0.1, 0.15) is 6.61 Å². The Hall–Kier alpha value is -1.59. The van der Waals surface area contributed by atoms with E-state index in [1.807, 2.05) is 20.8 Å². The number of ether oxygens (including phenoxy) is 2. The zero-order valence-corrected chi connectivity index (χ0v) is 12.6. The highest BCUT2D eigenvalue weighted by Crippen LogP contribution is 2.36. The lowest BCUT2D eigenvalue weighted by Crippen LogP contribution is -2.30. The van der Waals surface area contributed by atoms with Gasteiger partial charge in [-0.05, 0) is 26.7 Å². The molecular formula is C14H23NO5. The van der Waals surface area contributed by atoms with E-state index in [0.29, 0.717) is 25.3 Å². The quantitative estimate of drug-likeness (QED) is 0.723. The van der Waals surface area contributed by atoms with E-state index in [1.165, 1.54) is 7.11 Å². The van der Waals surface area contributed by atoms with Crippen LogP contribution in [0.3, 0.4) is 0 Å². The van der Waals surface area contributed by atoms with Crippen molar-refractivity contribution in [3.05, 3.63) is 0 Å². The summed E-state index contributed by atoms with van der Waals surface area (Å²) in [6, 6.07) is 0. The van der Waals surface area contributed by atoms with E-state index in [1.54, 1.807) is 0 Å². The van der Waals surface area contributed by atoms with Crippen molar-refractivity contribution in [3.8, 4) is 0 Å². The summed E-state index contributed by atoms with van der Waals surface area (Å²) in [6.45, 7) is 6.28. The molecule has 0 fully saturated rings. The molecular weight excluding hydrogens is 262 g/mol. The minimum absolute atomic E-state index is 0.0144. The first kappa shape index (κ1) is 16.5. The first-order valence-corrected chi connectivity index (χ1v) is 6.70. The molecule has 0 spiro atoms. The van der Waals surface area contributed by atoms with Gasteiger partial charge in [-0.1, -0.05) is 6.92 Å². The van der Waals surface area contributed by atoms with Crippen molar-refractivity contribution in [2.75, 3.05) is 13.7 Å². The van der Waals surface area contributed by atoms with Crippen molar-refractivity contribution in [2.45, 2.75) is 52.0 Å². The zero-order valence-electron chi connectivity index (χ0n) is 12.6. The highest BCUT2D eigenvalue weighted by atomic mass is 16.5. The van der Waals surface area contributed by atoms with E-state index in [-0.39, 0.29) is 24.3 Å². The lowest BCUT2D eigenvalue weighted by Gasteiger charge is -2.27. The maximum absolute atomic E-state index is 11.3. The number of carboxylic acid groups (broad SMARTS) is 1. The van der Waals surface area contributed by atoms with Gasteiger partial charge in [0.25, 0.3) is 0 Å². The summed E-state index contributed by atoms with van der Waals surface area (Å²) < 4.78 is 10.3. The first-order chi connectivity index (χ1) is 9.18. The number of methoxy groups -OCH3 is 1. The van der Waals surface area contributed by atoms with Crippen molar-refractivity contribution < 1.29 is 24.2 Å². The van der Waals surface area contributed by atoms with Gasteiger partial charge in [0.15, 0.2) is 5.90 Å². The number of esters is 1. The van der Waals surface area contributed by atoms with Crippen LogP contribution in [0, 0.1) is 5.41 Å². The second kappa shape index (κ2) is 6.24. The fraction of sp³-hybridized carbons (Fsp3) is 0.786. The summed E-state index contributed by atoms with van der Waals surface area (Å²) >= 11 is 0. The Morgan fingerprint density at radius 3 is 2.45 bits per heavy atom. The van der Waals surface area contributed by atoms with Crippen molar-refractivity contribution in [1.29, 1.82) is 0 Å².